The predicted octanol–water partition coefficient (Wildman–Crippen LogP) is 5.91. The Balaban J connectivity index is 1.78. The van der Waals surface area contributed by atoms with E-state index in [2.05, 4.69) is 61.5 Å². The van der Waals surface area contributed by atoms with Gasteiger partial charge in [-0.1, -0.05) is 68.0 Å². The second-order valence-electron chi connectivity index (χ2n) is 5.19. The van der Waals surface area contributed by atoms with E-state index in [1.165, 1.54) is 54.9 Å². The molecule has 0 spiro atoms. The van der Waals surface area contributed by atoms with Gasteiger partial charge < -0.3 is 0 Å². The minimum Gasteiger partial charge on any atom is -0.0885 e. The SMILES string of the molecule is CCC/C=C/CCCCc1ccc2ccccc2c1. The Morgan fingerprint density at radius 2 is 1.63 bits per heavy atom. The van der Waals surface area contributed by atoms with Gasteiger partial charge in [0, 0.05) is 0 Å². The van der Waals surface area contributed by atoms with E-state index < -0.39 is 0 Å². The highest BCUT2D eigenvalue weighted by Gasteiger charge is 1.96. The lowest BCUT2D eigenvalue weighted by molar-refractivity contribution is 0.746. The molecule has 0 aliphatic heterocycles. The quantitative estimate of drug-likeness (QED) is 0.424. The summed E-state index contributed by atoms with van der Waals surface area (Å²) < 4.78 is 0. The Morgan fingerprint density at radius 1 is 0.842 bits per heavy atom. The molecule has 0 saturated heterocycles. The molecule has 0 nitrogen and oxygen atoms in total. The van der Waals surface area contributed by atoms with E-state index in [1.54, 1.807) is 0 Å². The minimum atomic E-state index is 1.20. The van der Waals surface area contributed by atoms with Crippen LogP contribution in [0.2, 0.25) is 0 Å². The second kappa shape index (κ2) is 7.78. The maximum absolute atomic E-state index is 2.34. The molecule has 0 unspecified atom stereocenters. The average molecular weight is 252 g/mol. The van der Waals surface area contributed by atoms with Gasteiger partial charge in [-0.05, 0) is 48.4 Å². The van der Waals surface area contributed by atoms with Crippen LogP contribution >= 0.6 is 0 Å². The summed E-state index contributed by atoms with van der Waals surface area (Å²) in [5, 5.41) is 2.71. The number of allylic oxidation sites excluding steroid dienone is 2. The summed E-state index contributed by atoms with van der Waals surface area (Å²) in [5.74, 6) is 0. The van der Waals surface area contributed by atoms with Crippen LogP contribution in [0.4, 0.5) is 0 Å². The standard InChI is InChI=1S/C19H24/c1-2-3-4-5-6-7-8-11-17-14-15-18-12-9-10-13-19(18)16-17/h4-5,9-10,12-16H,2-3,6-8,11H2,1H3/b5-4+. The molecule has 2 aromatic rings. The van der Waals surface area contributed by atoms with Crippen molar-refractivity contribution in [1.29, 1.82) is 0 Å². The molecule has 100 valence electrons. The zero-order chi connectivity index (χ0) is 13.3. The third-order valence-corrected chi connectivity index (χ3v) is 3.52. The molecular weight excluding hydrogens is 228 g/mol. The zero-order valence-corrected chi connectivity index (χ0v) is 11.9. The van der Waals surface area contributed by atoms with Crippen LogP contribution < -0.4 is 0 Å². The van der Waals surface area contributed by atoms with Gasteiger partial charge in [0.25, 0.3) is 0 Å². The van der Waals surface area contributed by atoms with Crippen LogP contribution in [0, 0.1) is 0 Å². The lowest BCUT2D eigenvalue weighted by Crippen LogP contribution is -1.85. The summed E-state index contributed by atoms with van der Waals surface area (Å²) in [5.41, 5.74) is 1.47. The van der Waals surface area contributed by atoms with Crippen LogP contribution in [0.3, 0.4) is 0 Å². The van der Waals surface area contributed by atoms with Crippen LogP contribution in [0.15, 0.2) is 54.6 Å². The normalized spacial score (nSPS) is 11.4. The Morgan fingerprint density at radius 3 is 2.47 bits per heavy atom. The van der Waals surface area contributed by atoms with E-state index in [4.69, 9.17) is 0 Å². The summed E-state index contributed by atoms with van der Waals surface area (Å²) in [6.45, 7) is 2.23. The van der Waals surface area contributed by atoms with E-state index in [1.807, 2.05) is 0 Å². The number of fused-ring (bicyclic) bond motifs is 1. The fraction of sp³-hybridized carbons (Fsp3) is 0.368. The van der Waals surface area contributed by atoms with Crippen molar-refractivity contribution in [2.75, 3.05) is 0 Å². The molecule has 0 aliphatic rings. The van der Waals surface area contributed by atoms with Crippen LogP contribution in [-0.4, -0.2) is 0 Å². The average Bonchev–Trinajstić information content (AvgIpc) is 2.46. The highest BCUT2D eigenvalue weighted by Crippen LogP contribution is 2.17. The van der Waals surface area contributed by atoms with Crippen LogP contribution in [0.25, 0.3) is 10.8 Å². The third kappa shape index (κ3) is 4.55. The number of benzene rings is 2. The molecule has 0 radical (unpaired) electrons. The van der Waals surface area contributed by atoms with Gasteiger partial charge >= 0.3 is 0 Å². The van der Waals surface area contributed by atoms with Crippen molar-refractivity contribution >= 4 is 10.8 Å². The first-order chi connectivity index (χ1) is 9.40. The van der Waals surface area contributed by atoms with E-state index in [0.717, 1.165) is 0 Å². The molecular formula is C19H24. The first-order valence-electron chi connectivity index (χ1n) is 7.53. The molecule has 0 bridgehead atoms. The summed E-state index contributed by atoms with van der Waals surface area (Å²) in [4.78, 5) is 0. The minimum absolute atomic E-state index is 1.20. The molecule has 0 heterocycles. The van der Waals surface area contributed by atoms with Crippen LogP contribution in [0.1, 0.15) is 44.6 Å². The van der Waals surface area contributed by atoms with Gasteiger partial charge in [-0.3, -0.25) is 0 Å². The van der Waals surface area contributed by atoms with Crippen molar-refractivity contribution in [3.63, 3.8) is 0 Å². The number of rotatable bonds is 7. The zero-order valence-electron chi connectivity index (χ0n) is 11.9. The number of aryl methyl sites for hydroxylation is 1. The molecule has 0 aromatic heterocycles. The van der Waals surface area contributed by atoms with Crippen molar-refractivity contribution < 1.29 is 0 Å². The first kappa shape index (κ1) is 13.9. The highest BCUT2D eigenvalue weighted by molar-refractivity contribution is 5.82. The molecule has 0 aliphatic carbocycles. The third-order valence-electron chi connectivity index (χ3n) is 3.52. The molecule has 2 aromatic carbocycles. The molecule has 0 atom stereocenters. The van der Waals surface area contributed by atoms with Crippen molar-refractivity contribution in [3.05, 3.63) is 60.2 Å². The Hall–Kier alpha value is -1.56. The second-order valence-corrected chi connectivity index (χ2v) is 5.19. The van der Waals surface area contributed by atoms with E-state index in [0.29, 0.717) is 0 Å². The van der Waals surface area contributed by atoms with Crippen molar-refractivity contribution in [2.24, 2.45) is 0 Å². The summed E-state index contributed by atoms with van der Waals surface area (Å²) in [6, 6.07) is 15.4. The highest BCUT2D eigenvalue weighted by atomic mass is 14.0. The maximum Gasteiger partial charge on any atom is -0.0181 e. The molecule has 0 amide bonds. The lowest BCUT2D eigenvalue weighted by atomic mass is 10.0. The fourth-order valence-electron chi connectivity index (χ4n) is 2.39. The number of hydrogen-bond acceptors (Lipinski definition) is 0. The molecule has 0 N–H and O–H groups in total. The topological polar surface area (TPSA) is 0 Å². The van der Waals surface area contributed by atoms with Gasteiger partial charge in [-0.25, -0.2) is 0 Å². The van der Waals surface area contributed by atoms with Crippen molar-refractivity contribution in [2.45, 2.75) is 45.4 Å². The van der Waals surface area contributed by atoms with Crippen LogP contribution in [0.5, 0.6) is 0 Å². The fourth-order valence-corrected chi connectivity index (χ4v) is 2.39. The smallest absolute Gasteiger partial charge is 0.0181 e. The summed E-state index contributed by atoms with van der Waals surface area (Å²) in [7, 11) is 0. The van der Waals surface area contributed by atoms with Gasteiger partial charge in [-0.15, -0.1) is 0 Å². The van der Waals surface area contributed by atoms with Gasteiger partial charge in [0.2, 0.25) is 0 Å². The van der Waals surface area contributed by atoms with Gasteiger partial charge in [0.15, 0.2) is 0 Å². The van der Waals surface area contributed by atoms with Crippen LogP contribution in [-0.2, 0) is 6.42 Å². The maximum atomic E-state index is 2.34. The number of hydrogen-bond donors (Lipinski definition) is 0. The van der Waals surface area contributed by atoms with Gasteiger partial charge in [0.05, 0.1) is 0 Å². The monoisotopic (exact) mass is 252 g/mol. The van der Waals surface area contributed by atoms with Gasteiger partial charge in [-0.2, -0.15) is 0 Å². The van der Waals surface area contributed by atoms with E-state index >= 15 is 0 Å². The molecule has 19 heavy (non-hydrogen) atoms. The summed E-state index contributed by atoms with van der Waals surface area (Å²) >= 11 is 0. The molecule has 0 saturated carbocycles. The first-order valence-corrected chi connectivity index (χ1v) is 7.53. The van der Waals surface area contributed by atoms with E-state index in [-0.39, 0.29) is 0 Å². The predicted molar refractivity (Wildman–Crippen MR) is 85.6 cm³/mol. The van der Waals surface area contributed by atoms with Crippen molar-refractivity contribution in [3.8, 4) is 0 Å². The molecule has 2 rings (SSSR count). The number of unbranched alkanes of at least 4 members (excludes halogenated alkanes) is 3. The molecule has 0 fully saturated rings. The molecule has 0 heteroatoms. The Labute approximate surface area is 117 Å². The largest absolute Gasteiger partial charge is 0.0885 e. The summed E-state index contributed by atoms with van der Waals surface area (Å²) in [6.07, 6.45) is 12.2. The van der Waals surface area contributed by atoms with Crippen molar-refractivity contribution in [1.82, 2.24) is 0 Å². The van der Waals surface area contributed by atoms with Gasteiger partial charge in [0.1, 0.15) is 0 Å². The lowest BCUT2D eigenvalue weighted by Gasteiger charge is -2.03. The Kier molecular flexibility index (Phi) is 5.68. The Bertz CT molecular complexity index is 522. The van der Waals surface area contributed by atoms with E-state index in [9.17, 15) is 0 Å².